The zero-order valence-corrected chi connectivity index (χ0v) is 22.1. The lowest BCUT2D eigenvalue weighted by Crippen LogP contribution is -2.25. The number of ether oxygens (including phenoxy) is 1. The van der Waals surface area contributed by atoms with Gasteiger partial charge in [0.2, 0.25) is 0 Å². The van der Waals surface area contributed by atoms with E-state index in [-0.39, 0.29) is 11.9 Å². The van der Waals surface area contributed by atoms with Crippen LogP contribution in [0.4, 0.5) is 0 Å². The zero-order valence-electron chi connectivity index (χ0n) is 22.1. The van der Waals surface area contributed by atoms with Crippen molar-refractivity contribution in [2.45, 2.75) is 136 Å². The van der Waals surface area contributed by atoms with Crippen LogP contribution in [0, 0.1) is 5.92 Å². The SMILES string of the molecule is CCCCCCCCC(CCCCCC)C(=O)OCCCCCCN(CC)CCCCO. The first-order valence-electron chi connectivity index (χ1n) is 14.2. The Labute approximate surface area is 200 Å². The van der Waals surface area contributed by atoms with Gasteiger partial charge in [-0.1, -0.05) is 97.8 Å². The van der Waals surface area contributed by atoms with E-state index in [1.165, 1.54) is 70.6 Å². The Morgan fingerprint density at radius 2 is 1.19 bits per heavy atom. The van der Waals surface area contributed by atoms with Gasteiger partial charge in [-0.3, -0.25) is 4.79 Å². The van der Waals surface area contributed by atoms with Crippen LogP contribution in [0.2, 0.25) is 0 Å². The summed E-state index contributed by atoms with van der Waals surface area (Å²) in [5.41, 5.74) is 0. The Kier molecular flexibility index (Phi) is 24.5. The molecule has 1 atom stereocenters. The summed E-state index contributed by atoms with van der Waals surface area (Å²) in [4.78, 5) is 15.1. The number of rotatable bonds is 25. The van der Waals surface area contributed by atoms with Crippen LogP contribution < -0.4 is 0 Å². The summed E-state index contributed by atoms with van der Waals surface area (Å²) >= 11 is 0. The van der Waals surface area contributed by atoms with Crippen LogP contribution in [0.25, 0.3) is 0 Å². The zero-order chi connectivity index (χ0) is 23.7. The minimum atomic E-state index is 0.0658. The summed E-state index contributed by atoms with van der Waals surface area (Å²) in [7, 11) is 0. The van der Waals surface area contributed by atoms with E-state index in [9.17, 15) is 4.79 Å². The quantitative estimate of drug-likeness (QED) is 0.114. The first kappa shape index (κ1) is 31.4. The molecule has 0 aromatic heterocycles. The maximum absolute atomic E-state index is 12.7. The first-order valence-corrected chi connectivity index (χ1v) is 14.2. The number of carbonyl (C=O) groups excluding carboxylic acids is 1. The molecule has 1 N–H and O–H groups in total. The summed E-state index contributed by atoms with van der Waals surface area (Å²) in [6.07, 6.45) is 21.2. The molecule has 0 bridgehead atoms. The number of hydrogen-bond donors (Lipinski definition) is 1. The lowest BCUT2D eigenvalue weighted by atomic mass is 9.94. The van der Waals surface area contributed by atoms with E-state index in [1.807, 2.05) is 0 Å². The molecule has 0 saturated heterocycles. The number of carbonyl (C=O) groups is 1. The second-order valence-electron chi connectivity index (χ2n) is 9.55. The van der Waals surface area contributed by atoms with E-state index in [0.717, 1.165) is 64.6 Å². The molecule has 0 radical (unpaired) electrons. The van der Waals surface area contributed by atoms with Gasteiger partial charge in [-0.2, -0.15) is 0 Å². The molecule has 0 heterocycles. The average Bonchev–Trinajstić information content (AvgIpc) is 2.80. The summed E-state index contributed by atoms with van der Waals surface area (Å²) in [5, 5.41) is 8.91. The third-order valence-corrected chi connectivity index (χ3v) is 6.59. The Morgan fingerprint density at radius 3 is 1.78 bits per heavy atom. The summed E-state index contributed by atoms with van der Waals surface area (Å²) in [5.74, 6) is 0.186. The molecule has 0 aromatic rings. The average molecular weight is 456 g/mol. The maximum atomic E-state index is 12.7. The van der Waals surface area contributed by atoms with E-state index in [2.05, 4.69) is 25.7 Å². The molecule has 0 aliphatic heterocycles. The van der Waals surface area contributed by atoms with Gasteiger partial charge >= 0.3 is 5.97 Å². The van der Waals surface area contributed by atoms with Gasteiger partial charge in [0.15, 0.2) is 0 Å². The van der Waals surface area contributed by atoms with E-state index in [1.54, 1.807) is 0 Å². The number of hydrogen-bond acceptors (Lipinski definition) is 4. The highest BCUT2D eigenvalue weighted by Gasteiger charge is 2.19. The molecule has 0 amide bonds. The van der Waals surface area contributed by atoms with Crippen molar-refractivity contribution in [2.24, 2.45) is 5.92 Å². The highest BCUT2D eigenvalue weighted by molar-refractivity contribution is 5.72. The van der Waals surface area contributed by atoms with E-state index >= 15 is 0 Å². The highest BCUT2D eigenvalue weighted by atomic mass is 16.5. The molecule has 4 nitrogen and oxygen atoms in total. The molecule has 0 aliphatic carbocycles. The van der Waals surface area contributed by atoms with Crippen molar-refractivity contribution in [3.05, 3.63) is 0 Å². The van der Waals surface area contributed by atoms with Crippen molar-refractivity contribution in [1.29, 1.82) is 0 Å². The Balaban J connectivity index is 3.98. The summed E-state index contributed by atoms with van der Waals surface area (Å²) in [6, 6.07) is 0. The predicted octanol–water partition coefficient (Wildman–Crippen LogP) is 7.52. The van der Waals surface area contributed by atoms with Gasteiger partial charge in [0.25, 0.3) is 0 Å². The highest BCUT2D eigenvalue weighted by Crippen LogP contribution is 2.20. The first-order chi connectivity index (χ1) is 15.7. The second-order valence-corrected chi connectivity index (χ2v) is 9.55. The van der Waals surface area contributed by atoms with Gasteiger partial charge in [-0.25, -0.2) is 0 Å². The molecule has 0 aromatic carbocycles. The minimum absolute atomic E-state index is 0.0658. The fourth-order valence-electron chi connectivity index (χ4n) is 4.33. The fraction of sp³-hybridized carbons (Fsp3) is 0.964. The van der Waals surface area contributed by atoms with Crippen molar-refractivity contribution in [2.75, 3.05) is 32.8 Å². The van der Waals surface area contributed by atoms with Crippen LogP contribution in [0.15, 0.2) is 0 Å². The largest absolute Gasteiger partial charge is 0.465 e. The van der Waals surface area contributed by atoms with E-state index in [0.29, 0.717) is 13.2 Å². The van der Waals surface area contributed by atoms with E-state index < -0.39 is 0 Å². The monoisotopic (exact) mass is 455 g/mol. The van der Waals surface area contributed by atoms with Crippen LogP contribution in [-0.2, 0) is 9.53 Å². The molecule has 0 spiro atoms. The van der Waals surface area contributed by atoms with Crippen LogP contribution in [0.3, 0.4) is 0 Å². The van der Waals surface area contributed by atoms with Gasteiger partial charge < -0.3 is 14.7 Å². The number of esters is 1. The van der Waals surface area contributed by atoms with Crippen molar-refractivity contribution >= 4 is 5.97 Å². The third-order valence-electron chi connectivity index (χ3n) is 6.59. The molecule has 0 saturated carbocycles. The van der Waals surface area contributed by atoms with Crippen molar-refractivity contribution in [3.63, 3.8) is 0 Å². The number of nitrogens with zero attached hydrogens (tertiary/aromatic N) is 1. The summed E-state index contributed by atoms with van der Waals surface area (Å²) < 4.78 is 5.70. The molecule has 32 heavy (non-hydrogen) atoms. The Hall–Kier alpha value is -0.610. The maximum Gasteiger partial charge on any atom is 0.308 e. The fourth-order valence-corrected chi connectivity index (χ4v) is 4.33. The van der Waals surface area contributed by atoms with Crippen molar-refractivity contribution in [3.8, 4) is 0 Å². The molecule has 0 aliphatic rings. The standard InChI is InChI=1S/C28H57NO3/c1-4-7-9-11-12-16-22-27(21-15-10-8-5-2)28(31)32-26-20-14-13-17-23-29(6-3)24-18-19-25-30/h27,30H,4-26H2,1-3H3. The van der Waals surface area contributed by atoms with Gasteiger partial charge in [0.1, 0.15) is 0 Å². The number of unbranched alkanes of at least 4 members (excludes halogenated alkanes) is 12. The molecular weight excluding hydrogens is 398 g/mol. The Bertz CT molecular complexity index is 389. The summed E-state index contributed by atoms with van der Waals surface area (Å²) in [6.45, 7) is 10.9. The van der Waals surface area contributed by atoms with Crippen LogP contribution >= 0.6 is 0 Å². The predicted molar refractivity (Wildman–Crippen MR) is 138 cm³/mol. The number of aliphatic hydroxyl groups is 1. The normalized spacial score (nSPS) is 12.4. The van der Waals surface area contributed by atoms with Gasteiger partial charge in [0.05, 0.1) is 12.5 Å². The van der Waals surface area contributed by atoms with E-state index in [4.69, 9.17) is 9.84 Å². The lowest BCUT2D eigenvalue weighted by Gasteiger charge is -2.20. The minimum Gasteiger partial charge on any atom is -0.465 e. The van der Waals surface area contributed by atoms with Gasteiger partial charge in [-0.05, 0) is 58.2 Å². The molecule has 0 rings (SSSR count). The van der Waals surface area contributed by atoms with Crippen LogP contribution in [0.5, 0.6) is 0 Å². The van der Waals surface area contributed by atoms with Crippen LogP contribution in [-0.4, -0.2) is 48.8 Å². The van der Waals surface area contributed by atoms with Crippen molar-refractivity contribution in [1.82, 2.24) is 4.90 Å². The smallest absolute Gasteiger partial charge is 0.308 e. The van der Waals surface area contributed by atoms with Gasteiger partial charge in [-0.15, -0.1) is 0 Å². The Morgan fingerprint density at radius 1 is 0.688 bits per heavy atom. The third kappa shape index (κ3) is 20.0. The number of aliphatic hydroxyl groups excluding tert-OH is 1. The lowest BCUT2D eigenvalue weighted by molar-refractivity contribution is -0.149. The molecule has 1 unspecified atom stereocenters. The van der Waals surface area contributed by atoms with Crippen LogP contribution in [0.1, 0.15) is 136 Å². The topological polar surface area (TPSA) is 49.8 Å². The van der Waals surface area contributed by atoms with Crippen molar-refractivity contribution < 1.29 is 14.6 Å². The molecule has 4 heteroatoms. The molecule has 192 valence electrons. The molecule has 0 fully saturated rings. The van der Waals surface area contributed by atoms with Gasteiger partial charge in [0, 0.05) is 6.61 Å². The molecular formula is C28H57NO3. The second kappa shape index (κ2) is 25.0.